The minimum absolute atomic E-state index is 0.128. The third-order valence-electron chi connectivity index (χ3n) is 5.05. The first kappa shape index (κ1) is 23.9. The average Bonchev–Trinajstić information content (AvgIpc) is 3.33. The number of anilines is 1. The number of aromatic nitrogens is 2. The summed E-state index contributed by atoms with van der Waals surface area (Å²) < 4.78 is 38.2. The lowest BCUT2D eigenvalue weighted by Crippen LogP contribution is -2.40. The third kappa shape index (κ3) is 5.28. The smallest absolute Gasteiger partial charge is 0.277 e. The Morgan fingerprint density at radius 3 is 2.71 bits per heavy atom. The molecule has 2 heterocycles. The number of thioether (sulfide) groups is 1. The topological polar surface area (TPSA) is 138 Å². The number of carbonyl (C=O) groups is 1. The fourth-order valence-corrected chi connectivity index (χ4v) is 5.37. The second-order valence-corrected chi connectivity index (χ2v) is 10.6. The molecule has 176 valence electrons. The summed E-state index contributed by atoms with van der Waals surface area (Å²) in [6, 6.07) is 15.0. The molecular formula is C22H21N5O5S2. The van der Waals surface area contributed by atoms with Crippen LogP contribution in [0.15, 0.2) is 63.1 Å². The standard InChI is InChI=1S/C22H21N5O5S2/c1-15(20(28)24-19-8-3-2-5-17(19)14-23)33-22-26-25-21(32-22)16-6-4-7-18(13-16)34(29,30)27-9-11-31-12-10-27/h2-8,13,15H,9-12H2,1H3,(H,24,28). The van der Waals surface area contributed by atoms with Crippen LogP contribution in [-0.2, 0) is 19.6 Å². The number of nitriles is 1. The summed E-state index contributed by atoms with van der Waals surface area (Å²) in [4.78, 5) is 12.7. The second kappa shape index (κ2) is 10.4. The zero-order valence-corrected chi connectivity index (χ0v) is 19.8. The van der Waals surface area contributed by atoms with Crippen molar-refractivity contribution in [3.8, 4) is 17.5 Å². The molecule has 12 heteroatoms. The van der Waals surface area contributed by atoms with E-state index in [9.17, 15) is 18.5 Å². The molecule has 1 unspecified atom stereocenters. The van der Waals surface area contributed by atoms with Crippen LogP contribution in [0.25, 0.3) is 11.5 Å². The summed E-state index contributed by atoms with van der Waals surface area (Å²) in [5, 5.41) is 19.4. The van der Waals surface area contributed by atoms with E-state index >= 15 is 0 Å². The van der Waals surface area contributed by atoms with Gasteiger partial charge in [0.15, 0.2) is 0 Å². The number of hydrogen-bond acceptors (Lipinski definition) is 9. The predicted octanol–water partition coefficient (Wildman–Crippen LogP) is 2.75. The van der Waals surface area contributed by atoms with Crippen molar-refractivity contribution in [2.24, 2.45) is 0 Å². The number of nitrogens with zero attached hydrogens (tertiary/aromatic N) is 4. The number of para-hydroxylation sites is 1. The van der Waals surface area contributed by atoms with Crippen molar-refractivity contribution in [2.75, 3.05) is 31.6 Å². The molecule has 1 saturated heterocycles. The number of carbonyl (C=O) groups excluding carboxylic acids is 1. The highest BCUT2D eigenvalue weighted by molar-refractivity contribution is 8.00. The van der Waals surface area contributed by atoms with E-state index in [2.05, 4.69) is 15.5 Å². The van der Waals surface area contributed by atoms with Crippen molar-refractivity contribution in [3.05, 3.63) is 54.1 Å². The van der Waals surface area contributed by atoms with Crippen LogP contribution in [0.4, 0.5) is 5.69 Å². The number of morpholine rings is 1. The van der Waals surface area contributed by atoms with E-state index in [1.807, 2.05) is 6.07 Å². The molecule has 0 spiro atoms. The first-order valence-corrected chi connectivity index (χ1v) is 12.7. The van der Waals surface area contributed by atoms with E-state index in [-0.39, 0.29) is 21.9 Å². The Balaban J connectivity index is 1.46. The molecule has 1 N–H and O–H groups in total. The maximum atomic E-state index is 12.9. The van der Waals surface area contributed by atoms with Gasteiger partial charge >= 0.3 is 0 Å². The van der Waals surface area contributed by atoms with Gasteiger partial charge < -0.3 is 14.5 Å². The highest BCUT2D eigenvalue weighted by Gasteiger charge is 2.27. The predicted molar refractivity (Wildman–Crippen MR) is 124 cm³/mol. The molecule has 1 atom stereocenters. The quantitative estimate of drug-likeness (QED) is 0.486. The molecule has 1 aliphatic rings. The van der Waals surface area contributed by atoms with Crippen molar-refractivity contribution in [2.45, 2.75) is 22.3 Å². The number of nitrogens with one attached hydrogen (secondary N) is 1. The molecule has 1 amide bonds. The Labute approximate surface area is 201 Å². The van der Waals surface area contributed by atoms with Gasteiger partial charge in [0.05, 0.1) is 34.6 Å². The van der Waals surface area contributed by atoms with Gasteiger partial charge in [-0.25, -0.2) is 8.42 Å². The summed E-state index contributed by atoms with van der Waals surface area (Å²) in [7, 11) is -3.67. The van der Waals surface area contributed by atoms with E-state index in [0.717, 1.165) is 11.8 Å². The van der Waals surface area contributed by atoms with E-state index in [0.29, 0.717) is 43.1 Å². The fraction of sp³-hybridized carbons (Fsp3) is 0.273. The lowest BCUT2D eigenvalue weighted by Gasteiger charge is -2.26. The monoisotopic (exact) mass is 499 g/mol. The zero-order valence-electron chi connectivity index (χ0n) is 18.2. The van der Waals surface area contributed by atoms with Gasteiger partial charge in [-0.1, -0.05) is 30.0 Å². The summed E-state index contributed by atoms with van der Waals surface area (Å²) in [5.74, 6) is -0.185. The molecule has 4 rings (SSSR count). The summed E-state index contributed by atoms with van der Waals surface area (Å²) in [6.07, 6.45) is 0. The SMILES string of the molecule is CC(Sc1nnc(-c2cccc(S(=O)(=O)N3CCOCC3)c2)o1)C(=O)Nc1ccccc1C#N. The molecule has 1 fully saturated rings. The van der Waals surface area contributed by atoms with Crippen molar-refractivity contribution in [1.29, 1.82) is 5.26 Å². The van der Waals surface area contributed by atoms with Crippen LogP contribution in [0.1, 0.15) is 12.5 Å². The Kier molecular flexibility index (Phi) is 7.28. The zero-order chi connectivity index (χ0) is 24.1. The molecule has 34 heavy (non-hydrogen) atoms. The second-order valence-electron chi connectivity index (χ2n) is 7.32. The number of rotatable bonds is 7. The maximum absolute atomic E-state index is 12.9. The van der Waals surface area contributed by atoms with E-state index in [4.69, 9.17) is 9.15 Å². The van der Waals surface area contributed by atoms with Crippen molar-refractivity contribution >= 4 is 33.4 Å². The average molecular weight is 500 g/mol. The van der Waals surface area contributed by atoms with Gasteiger partial charge in [0, 0.05) is 18.7 Å². The van der Waals surface area contributed by atoms with Gasteiger partial charge in [-0.15, -0.1) is 10.2 Å². The molecule has 0 bridgehead atoms. The highest BCUT2D eigenvalue weighted by atomic mass is 32.2. The number of hydrogen-bond donors (Lipinski definition) is 1. The Morgan fingerprint density at radius 1 is 1.18 bits per heavy atom. The summed E-state index contributed by atoms with van der Waals surface area (Å²) in [5.41, 5.74) is 1.24. The fourth-order valence-electron chi connectivity index (χ4n) is 3.23. The Hall–Kier alpha value is -3.24. The Bertz CT molecular complexity index is 1330. The van der Waals surface area contributed by atoms with Crippen LogP contribution in [-0.4, -0.2) is 60.4 Å². The van der Waals surface area contributed by atoms with Crippen LogP contribution >= 0.6 is 11.8 Å². The van der Waals surface area contributed by atoms with E-state index in [1.54, 1.807) is 43.3 Å². The largest absolute Gasteiger partial charge is 0.411 e. The number of ether oxygens (including phenoxy) is 1. The first-order valence-electron chi connectivity index (χ1n) is 10.4. The molecule has 0 aliphatic carbocycles. The molecule has 0 saturated carbocycles. The van der Waals surface area contributed by atoms with Crippen molar-refractivity contribution < 1.29 is 22.4 Å². The molecule has 1 aliphatic heterocycles. The number of benzene rings is 2. The van der Waals surface area contributed by atoms with Gasteiger partial charge in [0.25, 0.3) is 5.22 Å². The number of sulfonamides is 1. The molecular weight excluding hydrogens is 478 g/mol. The Morgan fingerprint density at radius 2 is 1.94 bits per heavy atom. The highest BCUT2D eigenvalue weighted by Crippen LogP contribution is 2.29. The van der Waals surface area contributed by atoms with Gasteiger partial charge in [-0.05, 0) is 37.3 Å². The van der Waals surface area contributed by atoms with E-state index < -0.39 is 15.3 Å². The van der Waals surface area contributed by atoms with Crippen LogP contribution < -0.4 is 5.32 Å². The van der Waals surface area contributed by atoms with Gasteiger partial charge in [0.1, 0.15) is 6.07 Å². The molecule has 2 aromatic carbocycles. The van der Waals surface area contributed by atoms with E-state index in [1.165, 1.54) is 16.4 Å². The van der Waals surface area contributed by atoms with Crippen LogP contribution in [0.5, 0.6) is 0 Å². The first-order chi connectivity index (χ1) is 16.4. The molecule has 0 radical (unpaired) electrons. The third-order valence-corrected chi connectivity index (χ3v) is 7.88. The van der Waals surface area contributed by atoms with Crippen LogP contribution in [0.3, 0.4) is 0 Å². The number of amides is 1. The van der Waals surface area contributed by atoms with Crippen LogP contribution in [0.2, 0.25) is 0 Å². The molecule has 3 aromatic rings. The maximum Gasteiger partial charge on any atom is 0.277 e. The summed E-state index contributed by atoms with van der Waals surface area (Å²) in [6.45, 7) is 2.99. The lowest BCUT2D eigenvalue weighted by atomic mass is 10.2. The summed E-state index contributed by atoms with van der Waals surface area (Å²) >= 11 is 1.06. The van der Waals surface area contributed by atoms with Gasteiger partial charge in [0.2, 0.25) is 21.8 Å². The van der Waals surface area contributed by atoms with Gasteiger partial charge in [-0.2, -0.15) is 9.57 Å². The van der Waals surface area contributed by atoms with Crippen molar-refractivity contribution in [1.82, 2.24) is 14.5 Å². The van der Waals surface area contributed by atoms with Crippen molar-refractivity contribution in [3.63, 3.8) is 0 Å². The lowest BCUT2D eigenvalue weighted by molar-refractivity contribution is -0.115. The van der Waals surface area contributed by atoms with Crippen LogP contribution in [0, 0.1) is 11.3 Å². The van der Waals surface area contributed by atoms with Gasteiger partial charge in [-0.3, -0.25) is 4.79 Å². The minimum Gasteiger partial charge on any atom is -0.411 e. The molecule has 1 aromatic heterocycles. The normalized spacial score (nSPS) is 15.4. The minimum atomic E-state index is -3.67. The molecule has 10 nitrogen and oxygen atoms in total.